The van der Waals surface area contributed by atoms with Crippen LogP contribution in [-0.4, -0.2) is 12.6 Å². The van der Waals surface area contributed by atoms with Crippen LogP contribution < -0.4 is 5.32 Å². The maximum absolute atomic E-state index is 13.0. The van der Waals surface area contributed by atoms with Gasteiger partial charge >= 0.3 is 6.18 Å². The Balaban J connectivity index is 2.25. The number of benzene rings is 1. The summed E-state index contributed by atoms with van der Waals surface area (Å²) >= 11 is 0. The van der Waals surface area contributed by atoms with E-state index in [4.69, 9.17) is 0 Å². The molecule has 0 amide bonds. The first-order valence-corrected chi connectivity index (χ1v) is 6.37. The summed E-state index contributed by atoms with van der Waals surface area (Å²) in [6, 6.07) is 4.61. The molecule has 4 heteroatoms. The summed E-state index contributed by atoms with van der Waals surface area (Å²) < 4.78 is 38.9. The lowest BCUT2D eigenvalue weighted by Gasteiger charge is -2.25. The van der Waals surface area contributed by atoms with E-state index in [0.29, 0.717) is 12.0 Å². The minimum absolute atomic E-state index is 0.181. The van der Waals surface area contributed by atoms with Gasteiger partial charge in [0.25, 0.3) is 0 Å². The molecule has 1 unspecified atom stereocenters. The number of piperidine rings is 1. The Morgan fingerprint density at radius 3 is 2.67 bits per heavy atom. The van der Waals surface area contributed by atoms with Gasteiger partial charge in [-0.05, 0) is 49.9 Å². The third-order valence-corrected chi connectivity index (χ3v) is 3.58. The first-order chi connectivity index (χ1) is 8.48. The summed E-state index contributed by atoms with van der Waals surface area (Å²) in [6.07, 6.45) is -0.593. The van der Waals surface area contributed by atoms with Crippen molar-refractivity contribution >= 4 is 0 Å². The van der Waals surface area contributed by atoms with Crippen molar-refractivity contribution in [2.24, 2.45) is 0 Å². The molecule has 1 aliphatic rings. The molecule has 1 N–H and O–H groups in total. The predicted molar refractivity (Wildman–Crippen MR) is 65.5 cm³/mol. The van der Waals surface area contributed by atoms with Gasteiger partial charge in [-0.3, -0.25) is 0 Å². The van der Waals surface area contributed by atoms with E-state index in [-0.39, 0.29) is 6.04 Å². The number of hydrogen-bond acceptors (Lipinski definition) is 1. The van der Waals surface area contributed by atoms with Gasteiger partial charge < -0.3 is 5.32 Å². The molecule has 18 heavy (non-hydrogen) atoms. The Bertz CT molecular complexity index is 406. The summed E-state index contributed by atoms with van der Waals surface area (Å²) in [7, 11) is 0. The zero-order chi connectivity index (χ0) is 13.2. The molecule has 100 valence electrons. The Morgan fingerprint density at radius 2 is 2.06 bits per heavy atom. The van der Waals surface area contributed by atoms with Gasteiger partial charge in [0, 0.05) is 6.04 Å². The number of alkyl halides is 3. The summed E-state index contributed by atoms with van der Waals surface area (Å²) in [5.41, 5.74) is 0.705. The van der Waals surface area contributed by atoms with Crippen LogP contribution in [-0.2, 0) is 12.6 Å². The third kappa shape index (κ3) is 3.05. The zero-order valence-corrected chi connectivity index (χ0v) is 10.5. The van der Waals surface area contributed by atoms with Gasteiger partial charge in [-0.15, -0.1) is 0 Å². The predicted octanol–water partition coefficient (Wildman–Crippen LogP) is 3.70. The Labute approximate surface area is 105 Å². The van der Waals surface area contributed by atoms with Crippen molar-refractivity contribution in [3.63, 3.8) is 0 Å². The topological polar surface area (TPSA) is 12.0 Å². The van der Waals surface area contributed by atoms with Crippen LogP contribution in [0.1, 0.15) is 36.0 Å². The minimum Gasteiger partial charge on any atom is -0.314 e. The number of rotatable bonds is 2. The lowest BCUT2D eigenvalue weighted by Crippen LogP contribution is -2.36. The van der Waals surface area contributed by atoms with E-state index in [1.165, 1.54) is 12.1 Å². The second-order valence-electron chi connectivity index (χ2n) is 4.95. The van der Waals surface area contributed by atoms with Crippen molar-refractivity contribution < 1.29 is 13.2 Å². The van der Waals surface area contributed by atoms with E-state index in [1.807, 2.05) is 0 Å². The fourth-order valence-corrected chi connectivity index (χ4v) is 2.58. The van der Waals surface area contributed by atoms with Gasteiger partial charge in [0.15, 0.2) is 0 Å². The average Bonchev–Trinajstić information content (AvgIpc) is 2.32. The van der Waals surface area contributed by atoms with Gasteiger partial charge in [0.1, 0.15) is 0 Å². The van der Waals surface area contributed by atoms with Gasteiger partial charge in [0.2, 0.25) is 0 Å². The molecule has 0 aliphatic carbocycles. The molecule has 1 aliphatic heterocycles. The maximum atomic E-state index is 13.0. The van der Waals surface area contributed by atoms with Crippen LogP contribution in [0.3, 0.4) is 0 Å². The molecule has 0 aromatic heterocycles. The van der Waals surface area contributed by atoms with Crippen LogP contribution in [0, 0.1) is 6.92 Å². The molecule has 1 fully saturated rings. The van der Waals surface area contributed by atoms with Crippen LogP contribution in [0.5, 0.6) is 0 Å². The summed E-state index contributed by atoms with van der Waals surface area (Å²) in [4.78, 5) is 0. The van der Waals surface area contributed by atoms with Crippen LogP contribution in [0.2, 0.25) is 0 Å². The van der Waals surface area contributed by atoms with Crippen molar-refractivity contribution in [3.8, 4) is 0 Å². The number of halogens is 3. The highest BCUT2D eigenvalue weighted by Gasteiger charge is 2.34. The van der Waals surface area contributed by atoms with Crippen molar-refractivity contribution in [1.29, 1.82) is 0 Å². The minimum atomic E-state index is -4.25. The van der Waals surface area contributed by atoms with Crippen molar-refractivity contribution in [3.05, 3.63) is 34.9 Å². The molecule has 0 radical (unpaired) electrons. The first-order valence-electron chi connectivity index (χ1n) is 6.37. The molecule has 1 nitrogen and oxygen atoms in total. The quantitative estimate of drug-likeness (QED) is 0.851. The Morgan fingerprint density at radius 1 is 1.28 bits per heavy atom. The van der Waals surface area contributed by atoms with E-state index < -0.39 is 11.7 Å². The Kier molecular flexibility index (Phi) is 3.95. The monoisotopic (exact) mass is 257 g/mol. The first kappa shape index (κ1) is 13.4. The van der Waals surface area contributed by atoms with Gasteiger partial charge in [-0.1, -0.05) is 18.6 Å². The number of aryl methyl sites for hydroxylation is 1. The van der Waals surface area contributed by atoms with E-state index in [2.05, 4.69) is 5.32 Å². The smallest absolute Gasteiger partial charge is 0.314 e. The van der Waals surface area contributed by atoms with Gasteiger partial charge in [-0.2, -0.15) is 13.2 Å². The van der Waals surface area contributed by atoms with Crippen LogP contribution in [0.25, 0.3) is 0 Å². The average molecular weight is 257 g/mol. The molecule has 1 aromatic rings. The number of nitrogens with one attached hydrogen (secondary N) is 1. The molecule has 1 saturated heterocycles. The molecule has 1 heterocycles. The highest BCUT2D eigenvalue weighted by atomic mass is 19.4. The molecule has 0 spiro atoms. The second kappa shape index (κ2) is 5.31. The second-order valence-corrected chi connectivity index (χ2v) is 4.95. The molecule has 0 saturated carbocycles. The largest absolute Gasteiger partial charge is 0.416 e. The normalized spacial score (nSPS) is 21.0. The molecular weight excluding hydrogens is 239 g/mol. The van der Waals surface area contributed by atoms with Crippen LogP contribution >= 0.6 is 0 Å². The molecule has 0 bridgehead atoms. The number of hydrogen-bond donors (Lipinski definition) is 1. The molecule has 1 aromatic carbocycles. The molecule has 2 rings (SSSR count). The lowest BCUT2D eigenvalue weighted by atomic mass is 9.92. The summed E-state index contributed by atoms with van der Waals surface area (Å²) in [6.45, 7) is 2.67. The van der Waals surface area contributed by atoms with Crippen molar-refractivity contribution in [1.82, 2.24) is 5.32 Å². The standard InChI is InChI=1S/C14H18F3N/c1-10-5-4-7-13(14(15,16)17)12(10)9-11-6-2-3-8-18-11/h4-5,7,11,18H,2-3,6,8-9H2,1H3. The highest BCUT2D eigenvalue weighted by molar-refractivity contribution is 5.37. The third-order valence-electron chi connectivity index (χ3n) is 3.58. The van der Waals surface area contributed by atoms with Gasteiger partial charge in [0.05, 0.1) is 5.56 Å². The van der Waals surface area contributed by atoms with Crippen LogP contribution in [0.15, 0.2) is 18.2 Å². The molecule has 1 atom stereocenters. The van der Waals surface area contributed by atoms with Crippen molar-refractivity contribution in [2.45, 2.75) is 44.8 Å². The summed E-state index contributed by atoms with van der Waals surface area (Å²) in [5, 5.41) is 3.31. The van der Waals surface area contributed by atoms with Crippen LogP contribution in [0.4, 0.5) is 13.2 Å². The van der Waals surface area contributed by atoms with E-state index in [0.717, 1.165) is 31.4 Å². The maximum Gasteiger partial charge on any atom is 0.416 e. The fraction of sp³-hybridized carbons (Fsp3) is 0.571. The van der Waals surface area contributed by atoms with Crippen molar-refractivity contribution in [2.75, 3.05) is 6.54 Å². The highest BCUT2D eigenvalue weighted by Crippen LogP contribution is 2.34. The lowest BCUT2D eigenvalue weighted by molar-refractivity contribution is -0.138. The summed E-state index contributed by atoms with van der Waals surface area (Å²) in [5.74, 6) is 0. The Hall–Kier alpha value is -1.03. The van der Waals surface area contributed by atoms with E-state index in [9.17, 15) is 13.2 Å². The fourth-order valence-electron chi connectivity index (χ4n) is 2.58. The zero-order valence-electron chi connectivity index (χ0n) is 10.5. The van der Waals surface area contributed by atoms with Gasteiger partial charge in [-0.25, -0.2) is 0 Å². The molecular formula is C14H18F3N. The SMILES string of the molecule is Cc1cccc(C(F)(F)F)c1CC1CCCCN1. The van der Waals surface area contributed by atoms with E-state index in [1.54, 1.807) is 13.0 Å². The van der Waals surface area contributed by atoms with E-state index >= 15 is 0 Å².